The minimum absolute atomic E-state index is 0. The molecule has 100 valence electrons. The molecular weight excluding hydrogens is 284 g/mol. The highest BCUT2D eigenvalue weighted by molar-refractivity contribution is 7.99. The van der Waals surface area contributed by atoms with Gasteiger partial charge in [0.1, 0.15) is 0 Å². The van der Waals surface area contributed by atoms with E-state index in [-0.39, 0.29) is 12.4 Å². The van der Waals surface area contributed by atoms with Gasteiger partial charge in [0.2, 0.25) is 0 Å². The van der Waals surface area contributed by atoms with Crippen LogP contribution in [0, 0.1) is 0 Å². The fraction of sp³-hybridized carbons (Fsp3) is 0.462. The Labute approximate surface area is 123 Å². The zero-order valence-corrected chi connectivity index (χ0v) is 13.4. The summed E-state index contributed by atoms with van der Waals surface area (Å²) in [5, 5.41) is 1.38. The maximum absolute atomic E-state index is 4.25. The second kappa shape index (κ2) is 7.31. The van der Waals surface area contributed by atoms with E-state index in [1.165, 1.54) is 40.3 Å². The van der Waals surface area contributed by atoms with Gasteiger partial charge >= 0.3 is 0 Å². The van der Waals surface area contributed by atoms with Crippen molar-refractivity contribution in [3.05, 3.63) is 24.2 Å². The molecule has 0 atom stereocenters. The molecule has 18 heavy (non-hydrogen) atoms. The Morgan fingerprint density at radius 1 is 1.28 bits per heavy atom. The fourth-order valence-electron chi connectivity index (χ4n) is 2.13. The van der Waals surface area contributed by atoms with E-state index >= 15 is 0 Å². The Hall–Kier alpha value is -0.320. The Morgan fingerprint density at radius 2 is 2.06 bits per heavy atom. The number of halogens is 1. The highest BCUT2D eigenvalue weighted by atomic mass is 35.5. The van der Waals surface area contributed by atoms with Gasteiger partial charge in [-0.05, 0) is 30.9 Å². The van der Waals surface area contributed by atoms with Gasteiger partial charge in [-0.25, -0.2) is 0 Å². The monoisotopic (exact) mass is 302 g/mol. The first-order valence-corrected chi connectivity index (χ1v) is 8.33. The van der Waals surface area contributed by atoms with Gasteiger partial charge < -0.3 is 4.40 Å². The van der Waals surface area contributed by atoms with Gasteiger partial charge in [-0.15, -0.1) is 35.9 Å². The Bertz CT molecular complexity index is 470. The lowest BCUT2D eigenvalue weighted by atomic mass is 10.1. The molecule has 0 saturated carbocycles. The van der Waals surface area contributed by atoms with Crippen LogP contribution in [-0.2, 0) is 6.42 Å². The van der Waals surface area contributed by atoms with Crippen molar-refractivity contribution in [2.24, 2.45) is 0 Å². The molecule has 2 rings (SSSR count). The van der Waals surface area contributed by atoms with Gasteiger partial charge in [0.05, 0.1) is 16.7 Å². The van der Waals surface area contributed by atoms with Crippen molar-refractivity contribution in [2.75, 3.05) is 12.5 Å². The molecule has 0 fully saturated rings. The van der Waals surface area contributed by atoms with E-state index in [2.05, 4.69) is 35.0 Å². The normalized spacial score (nSPS) is 10.6. The number of unbranched alkanes of at least 4 members (excludes halogenated alkanes) is 1. The molecule has 2 nitrogen and oxygen atoms in total. The van der Waals surface area contributed by atoms with Crippen LogP contribution in [0.1, 0.15) is 25.3 Å². The minimum Gasteiger partial charge on any atom is -0.307 e. The Morgan fingerprint density at radius 3 is 2.67 bits per heavy atom. The first-order valence-electron chi connectivity index (χ1n) is 5.88. The lowest BCUT2D eigenvalue weighted by Gasteiger charge is -2.03. The van der Waals surface area contributed by atoms with Crippen LogP contribution in [0.25, 0.3) is 5.52 Å². The number of aromatic nitrogens is 2. The largest absolute Gasteiger partial charge is 0.307 e. The first-order chi connectivity index (χ1) is 8.33. The highest BCUT2D eigenvalue weighted by Gasteiger charge is 2.16. The van der Waals surface area contributed by atoms with E-state index < -0.39 is 0 Å². The zero-order chi connectivity index (χ0) is 12.3. The van der Waals surface area contributed by atoms with Crippen LogP contribution in [0.2, 0.25) is 0 Å². The molecule has 2 aromatic rings. The van der Waals surface area contributed by atoms with Crippen molar-refractivity contribution < 1.29 is 0 Å². The van der Waals surface area contributed by atoms with E-state index in [0.29, 0.717) is 0 Å². The Balaban J connectivity index is 0.00000162. The predicted molar refractivity (Wildman–Crippen MR) is 84.6 cm³/mol. The van der Waals surface area contributed by atoms with Crippen LogP contribution in [0.4, 0.5) is 0 Å². The molecule has 2 aromatic heterocycles. The van der Waals surface area contributed by atoms with E-state index in [0.717, 1.165) is 0 Å². The molecule has 0 aliphatic heterocycles. The topological polar surface area (TPSA) is 17.3 Å². The van der Waals surface area contributed by atoms with Crippen LogP contribution in [0.3, 0.4) is 0 Å². The number of fused-ring (bicyclic) bond motifs is 1. The summed E-state index contributed by atoms with van der Waals surface area (Å²) in [6, 6.07) is 0. The smallest absolute Gasteiger partial charge is 0.0836 e. The van der Waals surface area contributed by atoms with Gasteiger partial charge in [-0.1, -0.05) is 13.3 Å². The van der Waals surface area contributed by atoms with Gasteiger partial charge in [-0.2, -0.15) is 0 Å². The SMILES string of the molecule is CCCCc1c(SC)c2cnccn2c1SC.Cl. The summed E-state index contributed by atoms with van der Waals surface area (Å²) < 4.78 is 2.27. The summed E-state index contributed by atoms with van der Waals surface area (Å²) in [5.74, 6) is 0. The van der Waals surface area contributed by atoms with Gasteiger partial charge in [-0.3, -0.25) is 4.98 Å². The average molecular weight is 303 g/mol. The van der Waals surface area contributed by atoms with Crippen LogP contribution in [0.5, 0.6) is 0 Å². The second-order valence-corrected chi connectivity index (χ2v) is 5.57. The highest BCUT2D eigenvalue weighted by Crippen LogP contribution is 2.36. The van der Waals surface area contributed by atoms with Crippen LogP contribution >= 0.6 is 35.9 Å². The number of hydrogen-bond acceptors (Lipinski definition) is 3. The summed E-state index contributed by atoms with van der Waals surface area (Å²) in [5.41, 5.74) is 2.75. The summed E-state index contributed by atoms with van der Waals surface area (Å²) in [6.45, 7) is 2.24. The van der Waals surface area contributed by atoms with Crippen molar-refractivity contribution in [1.82, 2.24) is 9.38 Å². The van der Waals surface area contributed by atoms with Crippen LogP contribution < -0.4 is 0 Å². The molecule has 2 heterocycles. The third kappa shape index (κ3) is 2.81. The fourth-order valence-corrected chi connectivity index (χ4v) is 3.80. The van der Waals surface area contributed by atoms with Crippen molar-refractivity contribution in [2.45, 2.75) is 36.1 Å². The molecule has 0 unspecified atom stereocenters. The quantitative estimate of drug-likeness (QED) is 0.755. The number of nitrogens with zero attached hydrogens (tertiary/aromatic N) is 2. The third-order valence-corrected chi connectivity index (χ3v) is 4.61. The number of hydrogen-bond donors (Lipinski definition) is 0. The summed E-state index contributed by atoms with van der Waals surface area (Å²) >= 11 is 3.67. The molecule has 0 aliphatic carbocycles. The number of rotatable bonds is 5. The summed E-state index contributed by atoms with van der Waals surface area (Å²) in [6.07, 6.45) is 13.9. The van der Waals surface area contributed by atoms with Crippen LogP contribution in [-0.4, -0.2) is 21.9 Å². The maximum Gasteiger partial charge on any atom is 0.0836 e. The summed E-state index contributed by atoms with van der Waals surface area (Å²) in [7, 11) is 0. The van der Waals surface area contributed by atoms with E-state index in [4.69, 9.17) is 0 Å². The van der Waals surface area contributed by atoms with Crippen molar-refractivity contribution in [3.8, 4) is 0 Å². The van der Waals surface area contributed by atoms with Crippen molar-refractivity contribution >= 4 is 41.4 Å². The summed E-state index contributed by atoms with van der Waals surface area (Å²) in [4.78, 5) is 5.65. The zero-order valence-electron chi connectivity index (χ0n) is 11.0. The lowest BCUT2D eigenvalue weighted by Crippen LogP contribution is -1.89. The second-order valence-electron chi connectivity index (χ2n) is 3.96. The molecule has 0 aromatic carbocycles. The molecule has 0 spiro atoms. The average Bonchev–Trinajstić information content (AvgIpc) is 2.68. The molecule has 0 amide bonds. The molecule has 0 aliphatic rings. The van der Waals surface area contributed by atoms with E-state index in [1.807, 2.05) is 35.9 Å². The molecule has 0 radical (unpaired) electrons. The molecule has 5 heteroatoms. The standard InChI is InChI=1S/C13H18N2S2.ClH/c1-4-5-6-10-12(16-2)11-9-14-7-8-15(11)13(10)17-3;/h7-9H,4-6H2,1-3H3;1H. The minimum atomic E-state index is 0. The lowest BCUT2D eigenvalue weighted by molar-refractivity contribution is 0.772. The van der Waals surface area contributed by atoms with Crippen molar-refractivity contribution in [3.63, 3.8) is 0 Å². The van der Waals surface area contributed by atoms with Gasteiger partial charge in [0.15, 0.2) is 0 Å². The van der Waals surface area contributed by atoms with Crippen molar-refractivity contribution in [1.29, 1.82) is 0 Å². The van der Waals surface area contributed by atoms with Gasteiger partial charge in [0, 0.05) is 17.3 Å². The molecule has 0 N–H and O–H groups in total. The van der Waals surface area contributed by atoms with E-state index in [9.17, 15) is 0 Å². The van der Waals surface area contributed by atoms with E-state index in [1.54, 1.807) is 0 Å². The predicted octanol–water partition coefficient (Wildman–Crippen LogP) is 4.54. The maximum atomic E-state index is 4.25. The molecule has 0 bridgehead atoms. The first kappa shape index (κ1) is 15.7. The third-order valence-electron chi connectivity index (χ3n) is 2.92. The van der Waals surface area contributed by atoms with Crippen LogP contribution in [0.15, 0.2) is 28.5 Å². The number of thioether (sulfide) groups is 2. The Kier molecular flexibility index (Phi) is 6.39. The van der Waals surface area contributed by atoms with Gasteiger partial charge in [0.25, 0.3) is 0 Å². The molecular formula is C13H19ClN2S2. The molecule has 0 saturated heterocycles.